The molecule has 0 aliphatic carbocycles. The lowest BCUT2D eigenvalue weighted by atomic mass is 10.1. The number of carbonyl (C=O) groups excluding carboxylic acids is 1. The van der Waals surface area contributed by atoms with Crippen LogP contribution in [0.2, 0.25) is 0 Å². The number of alkyl halides is 3. The zero-order chi connectivity index (χ0) is 15.2. The standard InChI is InChI=1S/C13H12F3NO2S/c1-2-10(8-17)19-12(18)7-9-3-5-11(6-4-9)20-13(14,15)16/h3-6,10H,2,7H2,1H3. The Bertz CT molecular complexity index is 494. The molecule has 1 aromatic rings. The van der Waals surface area contributed by atoms with Gasteiger partial charge in [-0.25, -0.2) is 0 Å². The van der Waals surface area contributed by atoms with Crippen molar-refractivity contribution in [2.24, 2.45) is 0 Å². The third kappa shape index (κ3) is 5.97. The number of carbonyl (C=O) groups is 1. The Kier molecular flexibility index (Phi) is 5.89. The molecule has 1 rings (SSSR count). The van der Waals surface area contributed by atoms with Gasteiger partial charge in [0.1, 0.15) is 6.07 Å². The van der Waals surface area contributed by atoms with Gasteiger partial charge in [-0.05, 0) is 35.9 Å². The Balaban J connectivity index is 2.57. The molecule has 0 aliphatic heterocycles. The molecule has 1 aromatic carbocycles. The molecule has 0 aliphatic rings. The number of ether oxygens (including phenoxy) is 1. The number of halogens is 3. The van der Waals surface area contributed by atoms with Gasteiger partial charge in [0, 0.05) is 4.90 Å². The van der Waals surface area contributed by atoms with Crippen molar-refractivity contribution in [3.05, 3.63) is 29.8 Å². The highest BCUT2D eigenvalue weighted by Crippen LogP contribution is 2.36. The van der Waals surface area contributed by atoms with E-state index >= 15 is 0 Å². The number of rotatable bonds is 5. The van der Waals surface area contributed by atoms with Crippen molar-refractivity contribution in [2.75, 3.05) is 0 Å². The topological polar surface area (TPSA) is 50.1 Å². The highest BCUT2D eigenvalue weighted by Gasteiger charge is 2.29. The van der Waals surface area contributed by atoms with E-state index in [4.69, 9.17) is 10.00 Å². The van der Waals surface area contributed by atoms with E-state index in [-0.39, 0.29) is 23.1 Å². The minimum absolute atomic E-state index is 0.0538. The highest BCUT2D eigenvalue weighted by atomic mass is 32.2. The molecular weight excluding hydrogens is 291 g/mol. The van der Waals surface area contributed by atoms with Gasteiger partial charge in [0.25, 0.3) is 0 Å². The fourth-order valence-corrected chi connectivity index (χ4v) is 1.92. The lowest BCUT2D eigenvalue weighted by molar-refractivity contribution is -0.145. The van der Waals surface area contributed by atoms with Crippen LogP contribution in [0.4, 0.5) is 13.2 Å². The largest absolute Gasteiger partial charge is 0.447 e. The number of esters is 1. The number of hydrogen-bond donors (Lipinski definition) is 0. The molecule has 0 fully saturated rings. The Morgan fingerprint density at radius 1 is 1.40 bits per heavy atom. The fraction of sp³-hybridized carbons (Fsp3) is 0.385. The van der Waals surface area contributed by atoms with Crippen LogP contribution in [0.1, 0.15) is 18.9 Å². The molecule has 0 amide bonds. The molecule has 7 heteroatoms. The van der Waals surface area contributed by atoms with Crippen LogP contribution in [0.3, 0.4) is 0 Å². The molecule has 0 saturated heterocycles. The lowest BCUT2D eigenvalue weighted by Gasteiger charge is -2.09. The molecule has 0 spiro atoms. The van der Waals surface area contributed by atoms with Gasteiger partial charge >= 0.3 is 11.5 Å². The van der Waals surface area contributed by atoms with E-state index in [1.54, 1.807) is 6.92 Å². The van der Waals surface area contributed by atoms with Gasteiger partial charge in [-0.1, -0.05) is 19.1 Å². The Hall–Kier alpha value is -1.68. The van der Waals surface area contributed by atoms with Crippen molar-refractivity contribution in [1.82, 2.24) is 0 Å². The number of nitrogens with zero attached hydrogens (tertiary/aromatic N) is 1. The first-order valence-corrected chi connectivity index (χ1v) is 6.59. The third-order valence-electron chi connectivity index (χ3n) is 2.29. The molecule has 0 radical (unpaired) electrons. The molecule has 20 heavy (non-hydrogen) atoms. The van der Waals surface area contributed by atoms with Crippen molar-refractivity contribution in [2.45, 2.75) is 36.3 Å². The third-order valence-corrected chi connectivity index (χ3v) is 3.03. The van der Waals surface area contributed by atoms with Crippen LogP contribution in [0.15, 0.2) is 29.2 Å². The Morgan fingerprint density at radius 2 is 2.00 bits per heavy atom. The Morgan fingerprint density at radius 3 is 2.45 bits per heavy atom. The maximum atomic E-state index is 12.1. The van der Waals surface area contributed by atoms with Crippen molar-refractivity contribution < 1.29 is 22.7 Å². The first-order valence-electron chi connectivity index (χ1n) is 5.78. The summed E-state index contributed by atoms with van der Waals surface area (Å²) in [6, 6.07) is 7.29. The predicted octanol–water partition coefficient (Wildman–Crippen LogP) is 3.69. The van der Waals surface area contributed by atoms with Crippen molar-refractivity contribution in [1.29, 1.82) is 5.26 Å². The van der Waals surface area contributed by atoms with Crippen molar-refractivity contribution in [3.63, 3.8) is 0 Å². The van der Waals surface area contributed by atoms with Crippen LogP contribution < -0.4 is 0 Å². The Labute approximate surface area is 118 Å². The normalized spacial score (nSPS) is 12.6. The number of nitriles is 1. The molecule has 0 bridgehead atoms. The van der Waals surface area contributed by atoms with Gasteiger partial charge in [-0.3, -0.25) is 4.79 Å². The first kappa shape index (κ1) is 16.4. The maximum Gasteiger partial charge on any atom is 0.446 e. The number of benzene rings is 1. The van der Waals surface area contributed by atoms with E-state index in [0.717, 1.165) is 0 Å². The van der Waals surface area contributed by atoms with Gasteiger partial charge in [-0.15, -0.1) is 0 Å². The molecule has 0 N–H and O–H groups in total. The maximum absolute atomic E-state index is 12.1. The van der Waals surface area contributed by atoms with E-state index in [0.29, 0.717) is 12.0 Å². The summed E-state index contributed by atoms with van der Waals surface area (Å²) in [4.78, 5) is 11.5. The monoisotopic (exact) mass is 303 g/mol. The zero-order valence-corrected chi connectivity index (χ0v) is 11.4. The van der Waals surface area contributed by atoms with Crippen molar-refractivity contribution in [3.8, 4) is 6.07 Å². The molecular formula is C13H12F3NO2S. The van der Waals surface area contributed by atoms with Gasteiger partial charge < -0.3 is 4.74 Å². The van der Waals surface area contributed by atoms with Crippen LogP contribution in [0.5, 0.6) is 0 Å². The summed E-state index contributed by atoms with van der Waals surface area (Å²) in [5, 5.41) is 8.65. The molecule has 108 valence electrons. The summed E-state index contributed by atoms with van der Waals surface area (Å²) in [5.41, 5.74) is -3.80. The van der Waals surface area contributed by atoms with Gasteiger partial charge in [0.15, 0.2) is 6.10 Å². The highest BCUT2D eigenvalue weighted by molar-refractivity contribution is 8.00. The minimum atomic E-state index is -4.33. The minimum Gasteiger partial charge on any atom is -0.447 e. The number of hydrogen-bond acceptors (Lipinski definition) is 4. The molecule has 0 aromatic heterocycles. The quantitative estimate of drug-likeness (QED) is 0.615. The molecule has 3 nitrogen and oxygen atoms in total. The smallest absolute Gasteiger partial charge is 0.446 e. The summed E-state index contributed by atoms with van der Waals surface area (Å²) in [7, 11) is 0. The molecule has 0 saturated carbocycles. The number of thioether (sulfide) groups is 1. The SMILES string of the molecule is CCC(C#N)OC(=O)Cc1ccc(SC(F)(F)F)cc1. The predicted molar refractivity (Wildman–Crippen MR) is 67.8 cm³/mol. The van der Waals surface area contributed by atoms with Crippen LogP contribution in [-0.4, -0.2) is 17.6 Å². The van der Waals surface area contributed by atoms with E-state index in [1.165, 1.54) is 24.3 Å². The zero-order valence-electron chi connectivity index (χ0n) is 10.6. The first-order chi connectivity index (χ1) is 9.34. The molecule has 1 atom stereocenters. The van der Waals surface area contributed by atoms with E-state index in [1.807, 2.05) is 6.07 Å². The van der Waals surface area contributed by atoms with Crippen LogP contribution in [-0.2, 0) is 16.0 Å². The summed E-state index contributed by atoms with van der Waals surface area (Å²) < 4.78 is 41.3. The summed E-state index contributed by atoms with van der Waals surface area (Å²) >= 11 is -0.213. The lowest BCUT2D eigenvalue weighted by Crippen LogP contribution is -2.17. The van der Waals surface area contributed by atoms with Crippen LogP contribution >= 0.6 is 11.8 Å². The fourth-order valence-electron chi connectivity index (χ4n) is 1.38. The second-order valence-corrected chi connectivity index (χ2v) is 5.02. The van der Waals surface area contributed by atoms with E-state index < -0.39 is 17.6 Å². The average molecular weight is 303 g/mol. The van der Waals surface area contributed by atoms with Gasteiger partial charge in [0.2, 0.25) is 0 Å². The summed E-state index contributed by atoms with van der Waals surface area (Å²) in [5.74, 6) is -0.574. The molecule has 1 unspecified atom stereocenters. The van der Waals surface area contributed by atoms with Crippen LogP contribution in [0.25, 0.3) is 0 Å². The van der Waals surface area contributed by atoms with Crippen molar-refractivity contribution >= 4 is 17.7 Å². The van der Waals surface area contributed by atoms with E-state index in [9.17, 15) is 18.0 Å². The van der Waals surface area contributed by atoms with Gasteiger partial charge in [-0.2, -0.15) is 18.4 Å². The van der Waals surface area contributed by atoms with Crippen LogP contribution in [0, 0.1) is 11.3 Å². The summed E-state index contributed by atoms with van der Waals surface area (Å²) in [6.45, 7) is 1.71. The van der Waals surface area contributed by atoms with E-state index in [2.05, 4.69) is 0 Å². The average Bonchev–Trinajstić information content (AvgIpc) is 2.36. The molecule has 0 heterocycles. The van der Waals surface area contributed by atoms with Gasteiger partial charge in [0.05, 0.1) is 6.42 Å². The summed E-state index contributed by atoms with van der Waals surface area (Å²) in [6.07, 6.45) is -0.471. The second kappa shape index (κ2) is 7.20. The second-order valence-electron chi connectivity index (χ2n) is 3.88.